The van der Waals surface area contributed by atoms with Crippen molar-refractivity contribution in [3.63, 3.8) is 0 Å². The molecular weight excluding hydrogens is 222 g/mol. The first kappa shape index (κ1) is 11.3. The second-order valence-corrected chi connectivity index (χ2v) is 4.09. The molecule has 1 rings (SSSR count). The Balaban J connectivity index is 3.11. The summed E-state index contributed by atoms with van der Waals surface area (Å²) in [4.78, 5) is 13.9. The van der Waals surface area contributed by atoms with Gasteiger partial charge in [0.25, 0.3) is 5.70 Å². The molecule has 0 saturated heterocycles. The summed E-state index contributed by atoms with van der Waals surface area (Å²) in [6, 6.07) is 0. The molecule has 1 aliphatic rings. The van der Waals surface area contributed by atoms with E-state index in [9.17, 15) is 10.1 Å². The molecular formula is C7H10N3O2S2+. The van der Waals surface area contributed by atoms with E-state index in [0.29, 0.717) is 16.1 Å². The molecule has 1 atom stereocenters. The van der Waals surface area contributed by atoms with Gasteiger partial charge in [0.2, 0.25) is 0 Å². The van der Waals surface area contributed by atoms with E-state index in [4.69, 9.17) is 12.2 Å². The molecule has 0 saturated carbocycles. The molecule has 0 aromatic heterocycles. The molecule has 0 radical (unpaired) electrons. The molecule has 0 N–H and O–H groups in total. The summed E-state index contributed by atoms with van der Waals surface area (Å²) in [6.45, 7) is 0. The van der Waals surface area contributed by atoms with Crippen LogP contribution in [-0.2, 0) is 0 Å². The maximum atomic E-state index is 10.6. The monoisotopic (exact) mass is 232 g/mol. The van der Waals surface area contributed by atoms with E-state index in [0.717, 1.165) is 0 Å². The maximum absolute atomic E-state index is 10.6. The average molecular weight is 232 g/mol. The topological polar surface area (TPSA) is 55.5 Å². The fourth-order valence-corrected chi connectivity index (χ4v) is 2.31. The molecule has 0 aromatic rings. The van der Waals surface area contributed by atoms with E-state index in [1.54, 1.807) is 18.1 Å². The van der Waals surface area contributed by atoms with Gasteiger partial charge in [0, 0.05) is 4.99 Å². The van der Waals surface area contributed by atoms with Crippen molar-refractivity contribution in [3.8, 4) is 0 Å². The van der Waals surface area contributed by atoms with Gasteiger partial charge in [-0.1, -0.05) is 12.2 Å². The number of allylic oxidation sites excluding steroid dienone is 1. The molecule has 1 heterocycles. The van der Waals surface area contributed by atoms with Crippen LogP contribution in [0.25, 0.3) is 0 Å². The predicted octanol–water partition coefficient (Wildman–Crippen LogP) is 1.24. The minimum atomic E-state index is -0.502. The van der Waals surface area contributed by atoms with Crippen LogP contribution in [0.15, 0.2) is 16.5 Å². The van der Waals surface area contributed by atoms with E-state index in [1.807, 2.05) is 13.3 Å². The number of hydrogen-bond donors (Lipinski definition) is 0. The van der Waals surface area contributed by atoms with Crippen molar-refractivity contribution < 1.29 is 9.41 Å². The summed E-state index contributed by atoms with van der Waals surface area (Å²) in [5.74, 6) is 0.542. The summed E-state index contributed by atoms with van der Waals surface area (Å²) in [5.41, 5.74) is 0.472. The SMILES string of the molecule is CSC[N+]1(C)C=NC([N+](=O)[O-])=C1C=S. The van der Waals surface area contributed by atoms with Crippen LogP contribution in [0.1, 0.15) is 0 Å². The summed E-state index contributed by atoms with van der Waals surface area (Å²) >= 11 is 6.37. The molecule has 0 fully saturated rings. The van der Waals surface area contributed by atoms with Gasteiger partial charge >= 0.3 is 12.2 Å². The van der Waals surface area contributed by atoms with Gasteiger partial charge < -0.3 is 10.1 Å². The van der Waals surface area contributed by atoms with Gasteiger partial charge in [0.05, 0.1) is 12.4 Å². The summed E-state index contributed by atoms with van der Waals surface area (Å²) in [7, 11) is 1.84. The minimum absolute atomic E-state index is 0.142. The van der Waals surface area contributed by atoms with Gasteiger partial charge in [-0.25, -0.2) is 4.48 Å². The first-order chi connectivity index (χ1) is 6.55. The molecule has 76 valence electrons. The first-order valence-corrected chi connectivity index (χ1v) is 5.65. The quantitative estimate of drug-likeness (QED) is 0.317. The molecule has 0 aromatic carbocycles. The summed E-state index contributed by atoms with van der Waals surface area (Å²) in [5, 5.41) is 11.9. The van der Waals surface area contributed by atoms with E-state index in [1.165, 1.54) is 5.37 Å². The fraction of sp³-hybridized carbons (Fsp3) is 0.429. The minimum Gasteiger partial charge on any atom is -0.358 e. The number of thiocarbonyl (C=S) groups is 1. The Morgan fingerprint density at radius 3 is 2.93 bits per heavy atom. The van der Waals surface area contributed by atoms with Crippen molar-refractivity contribution >= 4 is 35.7 Å². The predicted molar refractivity (Wildman–Crippen MR) is 60.7 cm³/mol. The molecule has 7 heteroatoms. The van der Waals surface area contributed by atoms with Crippen molar-refractivity contribution in [3.05, 3.63) is 21.6 Å². The molecule has 14 heavy (non-hydrogen) atoms. The third-order valence-corrected chi connectivity index (χ3v) is 2.91. The molecule has 0 spiro atoms. The standard InChI is InChI=1S/C7H10N3O2S2/c1-10(5-14-2)4-8-7(9(11)12)6(10)3-13/h3-4H,5H2,1-2H3/q+1. The van der Waals surface area contributed by atoms with Crippen molar-refractivity contribution in [2.24, 2.45) is 4.99 Å². The van der Waals surface area contributed by atoms with E-state index >= 15 is 0 Å². The van der Waals surface area contributed by atoms with Crippen LogP contribution in [0.2, 0.25) is 0 Å². The van der Waals surface area contributed by atoms with Crippen LogP contribution in [-0.4, -0.2) is 40.3 Å². The lowest BCUT2D eigenvalue weighted by Gasteiger charge is -2.21. The zero-order chi connectivity index (χ0) is 10.8. The molecule has 1 aliphatic heterocycles. The van der Waals surface area contributed by atoms with Crippen LogP contribution in [0.3, 0.4) is 0 Å². The zero-order valence-electron chi connectivity index (χ0n) is 7.84. The van der Waals surface area contributed by atoms with Gasteiger partial charge in [-0.05, 0) is 11.2 Å². The van der Waals surface area contributed by atoms with Crippen LogP contribution in [0.4, 0.5) is 0 Å². The van der Waals surface area contributed by atoms with Gasteiger partial charge in [-0.3, -0.25) is 0 Å². The highest BCUT2D eigenvalue weighted by molar-refractivity contribution is 7.98. The summed E-state index contributed by atoms with van der Waals surface area (Å²) in [6.07, 6.45) is 3.48. The van der Waals surface area contributed by atoms with Crippen molar-refractivity contribution in [1.82, 2.24) is 0 Å². The Morgan fingerprint density at radius 1 is 1.86 bits per heavy atom. The third kappa shape index (κ3) is 1.84. The number of rotatable bonds is 4. The highest BCUT2D eigenvalue weighted by atomic mass is 32.2. The lowest BCUT2D eigenvalue weighted by Crippen LogP contribution is -2.39. The first-order valence-electron chi connectivity index (χ1n) is 3.79. The highest BCUT2D eigenvalue weighted by Crippen LogP contribution is 2.24. The van der Waals surface area contributed by atoms with Crippen LogP contribution in [0.5, 0.6) is 0 Å². The Labute approximate surface area is 91.2 Å². The molecule has 1 unspecified atom stereocenters. The molecule has 0 aliphatic carbocycles. The van der Waals surface area contributed by atoms with Crippen LogP contribution >= 0.6 is 24.0 Å². The van der Waals surface area contributed by atoms with E-state index in [2.05, 4.69) is 4.99 Å². The van der Waals surface area contributed by atoms with Gasteiger partial charge in [0.1, 0.15) is 5.88 Å². The number of nitro groups is 1. The number of nitrogens with zero attached hydrogens (tertiary/aromatic N) is 3. The zero-order valence-corrected chi connectivity index (χ0v) is 9.47. The van der Waals surface area contributed by atoms with Crippen LogP contribution in [0, 0.1) is 10.1 Å². The van der Waals surface area contributed by atoms with Gasteiger partial charge in [0.15, 0.2) is 0 Å². The lowest BCUT2D eigenvalue weighted by atomic mass is 10.4. The van der Waals surface area contributed by atoms with E-state index < -0.39 is 4.92 Å². The maximum Gasteiger partial charge on any atom is 0.431 e. The number of thioether (sulfide) groups is 1. The van der Waals surface area contributed by atoms with Crippen molar-refractivity contribution in [2.45, 2.75) is 0 Å². The second-order valence-electron chi connectivity index (χ2n) is 3.01. The smallest absolute Gasteiger partial charge is 0.358 e. The fourth-order valence-electron chi connectivity index (χ4n) is 1.22. The Morgan fingerprint density at radius 2 is 2.50 bits per heavy atom. The highest BCUT2D eigenvalue weighted by Gasteiger charge is 2.41. The van der Waals surface area contributed by atoms with Gasteiger partial charge in [-0.2, -0.15) is 0 Å². The summed E-state index contributed by atoms with van der Waals surface area (Å²) < 4.78 is 0.293. The average Bonchev–Trinajstić information content (AvgIpc) is 2.43. The van der Waals surface area contributed by atoms with E-state index in [-0.39, 0.29) is 5.82 Å². The number of hydrogen-bond acceptors (Lipinski definition) is 5. The largest absolute Gasteiger partial charge is 0.431 e. The molecule has 0 amide bonds. The molecule has 0 bridgehead atoms. The second kappa shape index (κ2) is 4.16. The third-order valence-electron chi connectivity index (χ3n) is 1.90. The number of aliphatic imine (C=N–C) groups is 1. The Kier molecular flexibility index (Phi) is 3.35. The normalized spacial score (nSPS) is 25.6. The Bertz CT molecular complexity index is 340. The van der Waals surface area contributed by atoms with Crippen molar-refractivity contribution in [1.29, 1.82) is 0 Å². The molecule has 5 nitrogen and oxygen atoms in total. The van der Waals surface area contributed by atoms with Crippen LogP contribution < -0.4 is 0 Å². The van der Waals surface area contributed by atoms with Crippen molar-refractivity contribution in [2.75, 3.05) is 19.2 Å². The van der Waals surface area contributed by atoms with Gasteiger partial charge in [-0.15, -0.1) is 11.8 Å². The Hall–Kier alpha value is -0.790. The number of quaternary nitrogens is 1. The lowest BCUT2D eigenvalue weighted by molar-refractivity contribution is -0.751.